The summed E-state index contributed by atoms with van der Waals surface area (Å²) in [6.07, 6.45) is 3.15. The van der Waals surface area contributed by atoms with Crippen LogP contribution >= 0.6 is 0 Å². The standard InChI is InChI=1S/C16H19N3O3/c1-10-17-15(19-22-10)11-5-4-6-12(9-11)16(21)18-13-7-2-3-8-14(13)20/h4-6,9,13-14,20H,2-3,7-8H2,1H3,(H,18,21). The van der Waals surface area contributed by atoms with Crippen LogP contribution < -0.4 is 5.32 Å². The van der Waals surface area contributed by atoms with Crippen LogP contribution in [0.25, 0.3) is 11.4 Å². The first-order valence-electron chi connectivity index (χ1n) is 7.53. The molecule has 0 bridgehead atoms. The second-order valence-corrected chi connectivity index (χ2v) is 5.65. The van der Waals surface area contributed by atoms with E-state index in [0.717, 1.165) is 31.2 Å². The Bertz CT molecular complexity index is 668. The van der Waals surface area contributed by atoms with Crippen LogP contribution in [-0.4, -0.2) is 33.3 Å². The Hall–Kier alpha value is -2.21. The molecule has 0 spiro atoms. The maximum absolute atomic E-state index is 12.4. The van der Waals surface area contributed by atoms with E-state index in [1.165, 1.54) is 0 Å². The van der Waals surface area contributed by atoms with Crippen molar-refractivity contribution in [2.24, 2.45) is 0 Å². The number of aliphatic hydroxyl groups is 1. The third kappa shape index (κ3) is 3.17. The summed E-state index contributed by atoms with van der Waals surface area (Å²) in [6.45, 7) is 1.72. The molecule has 1 aromatic heterocycles. The Kier molecular flexibility index (Phi) is 4.20. The molecule has 1 saturated carbocycles. The Morgan fingerprint density at radius 2 is 2.18 bits per heavy atom. The van der Waals surface area contributed by atoms with Gasteiger partial charge in [-0.2, -0.15) is 4.98 Å². The fourth-order valence-corrected chi connectivity index (χ4v) is 2.75. The highest BCUT2D eigenvalue weighted by atomic mass is 16.5. The predicted molar refractivity (Wildman–Crippen MR) is 80.2 cm³/mol. The minimum absolute atomic E-state index is 0.169. The highest BCUT2D eigenvalue weighted by Crippen LogP contribution is 2.20. The minimum Gasteiger partial charge on any atom is -0.391 e. The van der Waals surface area contributed by atoms with Gasteiger partial charge in [-0.3, -0.25) is 4.79 Å². The number of carbonyl (C=O) groups is 1. The number of aromatic nitrogens is 2. The van der Waals surface area contributed by atoms with Crippen LogP contribution in [0.1, 0.15) is 41.9 Å². The molecule has 2 unspecified atom stereocenters. The molecule has 0 saturated heterocycles. The van der Waals surface area contributed by atoms with E-state index in [1.807, 2.05) is 6.07 Å². The van der Waals surface area contributed by atoms with E-state index < -0.39 is 6.10 Å². The third-order valence-electron chi connectivity index (χ3n) is 3.96. The van der Waals surface area contributed by atoms with Gasteiger partial charge >= 0.3 is 0 Å². The van der Waals surface area contributed by atoms with E-state index in [-0.39, 0.29) is 11.9 Å². The molecule has 3 rings (SSSR count). The zero-order valence-electron chi connectivity index (χ0n) is 12.5. The van der Waals surface area contributed by atoms with Crippen molar-refractivity contribution in [3.63, 3.8) is 0 Å². The largest absolute Gasteiger partial charge is 0.391 e. The molecule has 2 aromatic rings. The van der Waals surface area contributed by atoms with Crippen LogP contribution in [0.15, 0.2) is 28.8 Å². The number of hydrogen-bond donors (Lipinski definition) is 2. The Morgan fingerprint density at radius 1 is 1.36 bits per heavy atom. The predicted octanol–water partition coefficient (Wildman–Crippen LogP) is 2.08. The van der Waals surface area contributed by atoms with Crippen LogP contribution in [0.4, 0.5) is 0 Å². The van der Waals surface area contributed by atoms with Gasteiger partial charge in [-0.05, 0) is 25.0 Å². The molecule has 1 aromatic carbocycles. The van der Waals surface area contributed by atoms with E-state index in [4.69, 9.17) is 4.52 Å². The first-order chi connectivity index (χ1) is 10.6. The highest BCUT2D eigenvalue weighted by Gasteiger charge is 2.25. The monoisotopic (exact) mass is 301 g/mol. The van der Waals surface area contributed by atoms with Gasteiger partial charge in [-0.15, -0.1) is 0 Å². The number of carbonyl (C=O) groups excluding carboxylic acids is 1. The van der Waals surface area contributed by atoms with Gasteiger partial charge in [-0.25, -0.2) is 0 Å². The average Bonchev–Trinajstić information content (AvgIpc) is 2.96. The lowest BCUT2D eigenvalue weighted by Crippen LogP contribution is -2.45. The molecule has 1 aliphatic carbocycles. The summed E-state index contributed by atoms with van der Waals surface area (Å²) in [4.78, 5) is 16.5. The van der Waals surface area contributed by atoms with E-state index >= 15 is 0 Å². The molecule has 0 radical (unpaired) electrons. The quantitative estimate of drug-likeness (QED) is 0.906. The smallest absolute Gasteiger partial charge is 0.251 e. The van der Waals surface area contributed by atoms with Gasteiger partial charge in [0.1, 0.15) is 0 Å². The van der Waals surface area contributed by atoms with Crippen LogP contribution in [-0.2, 0) is 0 Å². The summed E-state index contributed by atoms with van der Waals surface area (Å²) < 4.78 is 4.96. The minimum atomic E-state index is -0.458. The van der Waals surface area contributed by atoms with Crippen molar-refractivity contribution < 1.29 is 14.4 Å². The van der Waals surface area contributed by atoms with Crippen LogP contribution in [0, 0.1) is 6.92 Å². The molecule has 2 atom stereocenters. The normalized spacial score (nSPS) is 21.5. The fourth-order valence-electron chi connectivity index (χ4n) is 2.75. The van der Waals surface area contributed by atoms with E-state index in [9.17, 15) is 9.90 Å². The molecule has 116 valence electrons. The number of hydrogen-bond acceptors (Lipinski definition) is 5. The van der Waals surface area contributed by atoms with E-state index in [1.54, 1.807) is 25.1 Å². The van der Waals surface area contributed by atoms with Gasteiger partial charge in [0.25, 0.3) is 5.91 Å². The number of aliphatic hydroxyl groups excluding tert-OH is 1. The highest BCUT2D eigenvalue weighted by molar-refractivity contribution is 5.95. The van der Waals surface area contributed by atoms with Gasteiger partial charge in [0, 0.05) is 18.1 Å². The SMILES string of the molecule is Cc1nc(-c2cccc(C(=O)NC3CCCCC3O)c2)no1. The summed E-state index contributed by atoms with van der Waals surface area (Å²) in [5.41, 5.74) is 1.26. The van der Waals surface area contributed by atoms with Crippen molar-refractivity contribution in [3.05, 3.63) is 35.7 Å². The number of rotatable bonds is 3. The third-order valence-corrected chi connectivity index (χ3v) is 3.96. The van der Waals surface area contributed by atoms with Crippen LogP contribution in [0.2, 0.25) is 0 Å². The maximum Gasteiger partial charge on any atom is 0.251 e. The number of nitrogens with one attached hydrogen (secondary N) is 1. The molecule has 2 N–H and O–H groups in total. The van der Waals surface area contributed by atoms with Gasteiger partial charge < -0.3 is 14.9 Å². The average molecular weight is 301 g/mol. The summed E-state index contributed by atoms with van der Waals surface area (Å²) in [5.74, 6) is 0.757. The van der Waals surface area contributed by atoms with Crippen molar-refractivity contribution in [1.82, 2.24) is 15.5 Å². The van der Waals surface area contributed by atoms with E-state index in [0.29, 0.717) is 17.3 Å². The second kappa shape index (κ2) is 6.27. The van der Waals surface area contributed by atoms with E-state index in [2.05, 4.69) is 15.5 Å². The summed E-state index contributed by atoms with van der Waals surface area (Å²) in [6, 6.07) is 6.91. The zero-order chi connectivity index (χ0) is 15.5. The van der Waals surface area contributed by atoms with Crippen molar-refractivity contribution in [3.8, 4) is 11.4 Å². The Balaban J connectivity index is 1.75. The first-order valence-corrected chi connectivity index (χ1v) is 7.53. The molecule has 1 heterocycles. The summed E-state index contributed by atoms with van der Waals surface area (Å²) in [5, 5.41) is 16.7. The summed E-state index contributed by atoms with van der Waals surface area (Å²) in [7, 11) is 0. The van der Waals surface area contributed by atoms with Gasteiger partial charge in [0.05, 0.1) is 12.1 Å². The molecule has 6 heteroatoms. The lowest BCUT2D eigenvalue weighted by Gasteiger charge is -2.28. The second-order valence-electron chi connectivity index (χ2n) is 5.65. The fraction of sp³-hybridized carbons (Fsp3) is 0.438. The molecule has 0 aliphatic heterocycles. The van der Waals surface area contributed by atoms with Crippen molar-refractivity contribution >= 4 is 5.91 Å². The molecule has 1 aliphatic rings. The summed E-state index contributed by atoms with van der Waals surface area (Å²) >= 11 is 0. The number of nitrogens with zero attached hydrogens (tertiary/aromatic N) is 2. The maximum atomic E-state index is 12.4. The zero-order valence-corrected chi connectivity index (χ0v) is 12.5. The van der Waals surface area contributed by atoms with Crippen molar-refractivity contribution in [1.29, 1.82) is 0 Å². The Morgan fingerprint density at radius 3 is 2.91 bits per heavy atom. The lowest BCUT2D eigenvalue weighted by atomic mass is 9.92. The Labute approximate surface area is 128 Å². The van der Waals surface area contributed by atoms with Crippen LogP contribution in [0.5, 0.6) is 0 Å². The number of benzene rings is 1. The first kappa shape index (κ1) is 14.7. The number of amides is 1. The molecule has 22 heavy (non-hydrogen) atoms. The van der Waals surface area contributed by atoms with Gasteiger partial charge in [0.2, 0.25) is 11.7 Å². The van der Waals surface area contributed by atoms with Gasteiger partial charge in [-0.1, -0.05) is 30.1 Å². The molecule has 1 amide bonds. The molecular formula is C16H19N3O3. The van der Waals surface area contributed by atoms with Gasteiger partial charge in [0.15, 0.2) is 0 Å². The lowest BCUT2D eigenvalue weighted by molar-refractivity contribution is 0.0717. The molecule has 1 fully saturated rings. The topological polar surface area (TPSA) is 88.2 Å². The molecule has 6 nitrogen and oxygen atoms in total. The molecular weight excluding hydrogens is 282 g/mol. The van der Waals surface area contributed by atoms with Crippen molar-refractivity contribution in [2.75, 3.05) is 0 Å². The number of aryl methyl sites for hydroxylation is 1. The van der Waals surface area contributed by atoms with Crippen molar-refractivity contribution in [2.45, 2.75) is 44.8 Å². The van der Waals surface area contributed by atoms with Crippen LogP contribution in [0.3, 0.4) is 0 Å².